The van der Waals surface area contributed by atoms with Crippen LogP contribution >= 0.6 is 27.5 Å². The topological polar surface area (TPSA) is 85.4 Å². The molecule has 7 heteroatoms. The number of nitrogens with zero attached hydrogens (tertiary/aromatic N) is 1. The Morgan fingerprint density at radius 3 is 2.57 bits per heavy atom. The molecule has 2 aromatic carbocycles. The van der Waals surface area contributed by atoms with Crippen molar-refractivity contribution in [2.24, 2.45) is 0 Å². The molecule has 5 nitrogen and oxygen atoms in total. The van der Waals surface area contributed by atoms with Crippen LogP contribution in [0.1, 0.15) is 0 Å². The van der Waals surface area contributed by atoms with Crippen molar-refractivity contribution in [3.8, 4) is 17.0 Å². The molecule has 0 aliphatic rings. The number of pyridine rings is 1. The molecule has 0 atom stereocenters. The van der Waals surface area contributed by atoms with Gasteiger partial charge < -0.3 is 15.6 Å². The number of halogens is 2. The van der Waals surface area contributed by atoms with E-state index in [1.807, 2.05) is 24.3 Å². The van der Waals surface area contributed by atoms with E-state index >= 15 is 0 Å². The second kappa shape index (κ2) is 6.06. The van der Waals surface area contributed by atoms with E-state index in [0.29, 0.717) is 21.6 Å². The molecule has 0 unspecified atom stereocenters. The van der Waals surface area contributed by atoms with Crippen molar-refractivity contribution in [3.63, 3.8) is 0 Å². The highest BCUT2D eigenvalue weighted by molar-refractivity contribution is 9.10. The van der Waals surface area contributed by atoms with E-state index in [-0.39, 0.29) is 11.4 Å². The number of nitrogens with two attached hydrogens (primary N) is 1. The lowest BCUT2D eigenvalue weighted by atomic mass is 10.1. The first kappa shape index (κ1) is 15.6. The third-order valence-corrected chi connectivity index (χ3v) is 4.01. The lowest BCUT2D eigenvalue weighted by Gasteiger charge is -2.13. The predicted molar refractivity (Wildman–Crippen MR) is 93.0 cm³/mol. The van der Waals surface area contributed by atoms with E-state index in [0.717, 1.165) is 10.0 Å². The lowest BCUT2D eigenvalue weighted by molar-refractivity contribution is 0.145. The maximum atomic E-state index is 11.0. The predicted octanol–water partition coefficient (Wildman–Crippen LogP) is 4.96. The van der Waals surface area contributed by atoms with Gasteiger partial charge in [0.1, 0.15) is 5.69 Å². The molecule has 3 rings (SSSR count). The van der Waals surface area contributed by atoms with Crippen LogP contribution in [0.2, 0.25) is 5.02 Å². The van der Waals surface area contributed by atoms with E-state index in [1.54, 1.807) is 18.2 Å². The lowest BCUT2D eigenvalue weighted by Crippen LogP contribution is -2.07. The molecule has 0 saturated carbocycles. The number of carbonyl (C=O) groups is 1. The van der Waals surface area contributed by atoms with Gasteiger partial charge in [0.2, 0.25) is 0 Å². The van der Waals surface area contributed by atoms with Crippen molar-refractivity contribution in [1.82, 2.24) is 4.98 Å². The molecule has 1 aromatic heterocycles. The van der Waals surface area contributed by atoms with Crippen LogP contribution in [0.4, 0.5) is 10.5 Å². The van der Waals surface area contributed by atoms with Crippen LogP contribution in [-0.2, 0) is 0 Å². The zero-order valence-electron chi connectivity index (χ0n) is 11.6. The summed E-state index contributed by atoms with van der Waals surface area (Å²) in [5, 5.41) is 9.86. The molecular formula is C16H10BrClN2O3. The van der Waals surface area contributed by atoms with Gasteiger partial charge in [-0.2, -0.15) is 0 Å². The average Bonchev–Trinajstić information content (AvgIpc) is 2.51. The molecule has 0 fully saturated rings. The smallest absolute Gasteiger partial charge is 0.449 e. The summed E-state index contributed by atoms with van der Waals surface area (Å²) in [4.78, 5) is 15.5. The van der Waals surface area contributed by atoms with Gasteiger partial charge in [-0.05, 0) is 30.3 Å². The summed E-state index contributed by atoms with van der Waals surface area (Å²) in [5.41, 5.74) is 7.99. The van der Waals surface area contributed by atoms with Crippen molar-refractivity contribution in [3.05, 3.63) is 52.0 Å². The number of benzene rings is 2. The van der Waals surface area contributed by atoms with Gasteiger partial charge in [-0.3, -0.25) is 0 Å². The van der Waals surface area contributed by atoms with E-state index in [1.165, 1.54) is 0 Å². The summed E-state index contributed by atoms with van der Waals surface area (Å²) >= 11 is 9.34. The van der Waals surface area contributed by atoms with Crippen LogP contribution in [0.3, 0.4) is 0 Å². The van der Waals surface area contributed by atoms with Crippen molar-refractivity contribution in [1.29, 1.82) is 0 Å². The highest BCUT2D eigenvalue weighted by Gasteiger charge is 2.18. The highest BCUT2D eigenvalue weighted by Crippen LogP contribution is 2.39. The Morgan fingerprint density at radius 2 is 1.91 bits per heavy atom. The SMILES string of the molecule is Nc1c(-c2ccc(Br)cc2)nc2ccc(Cl)cc2c1OC(=O)O. The number of rotatable bonds is 2. The number of hydrogen-bond donors (Lipinski definition) is 2. The molecule has 0 radical (unpaired) electrons. The Balaban J connectivity index is 2.31. The second-order valence-electron chi connectivity index (χ2n) is 4.74. The van der Waals surface area contributed by atoms with Gasteiger partial charge in [0.25, 0.3) is 0 Å². The summed E-state index contributed by atoms with van der Waals surface area (Å²) in [6.07, 6.45) is -1.45. The third kappa shape index (κ3) is 3.09. The quantitative estimate of drug-likeness (QED) is 0.601. The van der Waals surface area contributed by atoms with Crippen molar-refractivity contribution in [2.45, 2.75) is 0 Å². The Kier molecular flexibility index (Phi) is 4.11. The largest absolute Gasteiger partial charge is 0.511 e. The summed E-state index contributed by atoms with van der Waals surface area (Å²) in [6, 6.07) is 12.3. The molecule has 0 bridgehead atoms. The Hall–Kier alpha value is -2.31. The van der Waals surface area contributed by atoms with Gasteiger partial charge in [-0.25, -0.2) is 9.78 Å². The van der Waals surface area contributed by atoms with Gasteiger partial charge in [-0.15, -0.1) is 0 Å². The summed E-state index contributed by atoms with van der Waals surface area (Å²) in [5.74, 6) is 0.0305. The fourth-order valence-electron chi connectivity index (χ4n) is 2.25. The van der Waals surface area contributed by atoms with E-state index in [9.17, 15) is 4.79 Å². The number of hydrogen-bond acceptors (Lipinski definition) is 4. The summed E-state index contributed by atoms with van der Waals surface area (Å²) in [6.45, 7) is 0. The maximum absolute atomic E-state index is 11.0. The number of ether oxygens (including phenoxy) is 1. The second-order valence-corrected chi connectivity index (χ2v) is 6.09. The molecule has 3 N–H and O–H groups in total. The molecule has 1 heterocycles. The van der Waals surface area contributed by atoms with Gasteiger partial charge in [-0.1, -0.05) is 39.7 Å². The molecule has 23 heavy (non-hydrogen) atoms. The number of aromatic nitrogens is 1. The van der Waals surface area contributed by atoms with Crippen LogP contribution in [0.15, 0.2) is 46.9 Å². The normalized spacial score (nSPS) is 10.7. The standard InChI is InChI=1S/C16H10BrClN2O3/c17-9-3-1-8(2-4-9)14-13(19)15(23-16(21)22)11-7-10(18)5-6-12(11)20-14/h1-7H,19H2,(H,21,22). The number of nitrogen functional groups attached to an aromatic ring is 1. The van der Waals surface area contributed by atoms with Crippen molar-refractivity contribution < 1.29 is 14.6 Å². The minimum Gasteiger partial charge on any atom is -0.449 e. The van der Waals surface area contributed by atoms with Gasteiger partial charge >= 0.3 is 6.16 Å². The van der Waals surface area contributed by atoms with Gasteiger partial charge in [0.15, 0.2) is 5.75 Å². The first-order valence-electron chi connectivity index (χ1n) is 6.51. The minimum absolute atomic E-state index is 0.0305. The fourth-order valence-corrected chi connectivity index (χ4v) is 2.68. The Morgan fingerprint density at radius 1 is 1.22 bits per heavy atom. The van der Waals surface area contributed by atoms with E-state index < -0.39 is 6.16 Å². The van der Waals surface area contributed by atoms with Gasteiger partial charge in [0.05, 0.1) is 11.2 Å². The van der Waals surface area contributed by atoms with E-state index in [4.69, 9.17) is 27.2 Å². The summed E-state index contributed by atoms with van der Waals surface area (Å²) < 4.78 is 5.79. The first-order valence-corrected chi connectivity index (χ1v) is 7.68. The molecular weight excluding hydrogens is 384 g/mol. The number of carboxylic acid groups (broad SMARTS) is 1. The van der Waals surface area contributed by atoms with Crippen LogP contribution < -0.4 is 10.5 Å². The van der Waals surface area contributed by atoms with Crippen LogP contribution in [0.5, 0.6) is 5.75 Å². The number of fused-ring (bicyclic) bond motifs is 1. The molecule has 0 aliphatic carbocycles. The van der Waals surface area contributed by atoms with Crippen molar-refractivity contribution in [2.75, 3.05) is 5.73 Å². The monoisotopic (exact) mass is 392 g/mol. The van der Waals surface area contributed by atoms with Crippen LogP contribution in [-0.4, -0.2) is 16.2 Å². The Labute approximate surface area is 144 Å². The maximum Gasteiger partial charge on any atom is 0.511 e. The molecule has 116 valence electrons. The molecule has 0 amide bonds. The molecule has 0 aliphatic heterocycles. The molecule has 0 spiro atoms. The zero-order chi connectivity index (χ0) is 16.6. The number of anilines is 1. The van der Waals surface area contributed by atoms with Gasteiger partial charge in [0, 0.05) is 20.4 Å². The van der Waals surface area contributed by atoms with Crippen LogP contribution in [0, 0.1) is 0 Å². The summed E-state index contributed by atoms with van der Waals surface area (Å²) in [7, 11) is 0. The zero-order valence-corrected chi connectivity index (χ0v) is 13.9. The minimum atomic E-state index is -1.45. The van der Waals surface area contributed by atoms with Crippen molar-refractivity contribution >= 4 is 50.3 Å². The molecule has 3 aromatic rings. The van der Waals surface area contributed by atoms with E-state index in [2.05, 4.69) is 20.9 Å². The third-order valence-electron chi connectivity index (χ3n) is 3.24. The average molecular weight is 394 g/mol. The first-order chi connectivity index (χ1) is 11.0. The highest BCUT2D eigenvalue weighted by atomic mass is 79.9. The Bertz CT molecular complexity index is 913. The molecule has 0 saturated heterocycles. The fraction of sp³-hybridized carbons (Fsp3) is 0. The van der Waals surface area contributed by atoms with Crippen LogP contribution in [0.25, 0.3) is 22.2 Å².